The first-order valence-corrected chi connectivity index (χ1v) is 11.0. The third-order valence-electron chi connectivity index (χ3n) is 4.43. The highest BCUT2D eigenvalue weighted by molar-refractivity contribution is 7.92. The molecule has 0 aliphatic rings. The van der Waals surface area contributed by atoms with Gasteiger partial charge in [0, 0.05) is 17.1 Å². The van der Waals surface area contributed by atoms with Crippen molar-refractivity contribution in [1.29, 1.82) is 0 Å². The number of likely N-dealkylation sites (N-methyl/N-ethyl adjacent to an activating group) is 1. The molecule has 30 heavy (non-hydrogen) atoms. The molecule has 1 aromatic heterocycles. The van der Waals surface area contributed by atoms with E-state index in [0.717, 1.165) is 5.76 Å². The summed E-state index contributed by atoms with van der Waals surface area (Å²) in [5, 5.41) is 3.24. The van der Waals surface area contributed by atoms with Crippen molar-refractivity contribution in [3.63, 3.8) is 0 Å². The maximum atomic E-state index is 12.7. The van der Waals surface area contributed by atoms with Crippen molar-refractivity contribution < 1.29 is 17.6 Å². The number of benzene rings is 2. The first-order chi connectivity index (χ1) is 14.3. The number of nitrogens with one attached hydrogen (secondary N) is 2. The van der Waals surface area contributed by atoms with Gasteiger partial charge in [0.25, 0.3) is 15.9 Å². The van der Waals surface area contributed by atoms with Crippen molar-refractivity contribution in [2.24, 2.45) is 0 Å². The molecule has 0 bridgehead atoms. The fourth-order valence-electron chi connectivity index (χ4n) is 2.88. The van der Waals surface area contributed by atoms with Gasteiger partial charge in [-0.05, 0) is 62.6 Å². The van der Waals surface area contributed by atoms with E-state index in [-0.39, 0.29) is 22.4 Å². The number of hydrogen-bond acceptors (Lipinski definition) is 5. The van der Waals surface area contributed by atoms with E-state index in [2.05, 4.69) is 10.0 Å². The molecule has 0 spiro atoms. The Morgan fingerprint density at radius 1 is 1.10 bits per heavy atom. The molecule has 0 fully saturated rings. The van der Waals surface area contributed by atoms with Crippen LogP contribution in [0.2, 0.25) is 5.02 Å². The quantitative estimate of drug-likeness (QED) is 0.548. The highest BCUT2D eigenvalue weighted by Crippen LogP contribution is 2.21. The van der Waals surface area contributed by atoms with E-state index in [9.17, 15) is 13.2 Å². The van der Waals surface area contributed by atoms with Crippen molar-refractivity contribution in [2.75, 3.05) is 25.4 Å². The highest BCUT2D eigenvalue weighted by Gasteiger charge is 2.20. The van der Waals surface area contributed by atoms with Crippen LogP contribution in [0.1, 0.15) is 22.2 Å². The molecule has 9 heteroatoms. The van der Waals surface area contributed by atoms with Gasteiger partial charge in [0.05, 0.1) is 22.9 Å². The second-order valence-electron chi connectivity index (χ2n) is 6.85. The molecule has 0 aliphatic carbocycles. The van der Waals surface area contributed by atoms with Crippen molar-refractivity contribution >= 4 is 33.2 Å². The van der Waals surface area contributed by atoms with Gasteiger partial charge >= 0.3 is 0 Å². The number of sulfonamides is 1. The number of rotatable bonds is 8. The van der Waals surface area contributed by atoms with Crippen LogP contribution in [-0.4, -0.2) is 39.9 Å². The van der Waals surface area contributed by atoms with Gasteiger partial charge in [0.2, 0.25) is 0 Å². The van der Waals surface area contributed by atoms with Crippen LogP contribution in [0.25, 0.3) is 0 Å². The average molecular weight is 448 g/mol. The zero-order chi connectivity index (χ0) is 21.7. The smallest absolute Gasteiger partial charge is 0.261 e. The number of anilines is 1. The maximum Gasteiger partial charge on any atom is 0.261 e. The lowest BCUT2D eigenvalue weighted by atomic mass is 10.2. The number of halogens is 1. The van der Waals surface area contributed by atoms with Crippen molar-refractivity contribution in [3.05, 3.63) is 83.3 Å². The predicted molar refractivity (Wildman–Crippen MR) is 116 cm³/mol. The van der Waals surface area contributed by atoms with Gasteiger partial charge in [-0.15, -0.1) is 0 Å². The van der Waals surface area contributed by atoms with Crippen LogP contribution in [0.4, 0.5) is 5.69 Å². The number of hydrogen-bond donors (Lipinski definition) is 2. The summed E-state index contributed by atoms with van der Waals surface area (Å²) in [5.41, 5.74) is 0.575. The lowest BCUT2D eigenvalue weighted by Crippen LogP contribution is -2.34. The van der Waals surface area contributed by atoms with Gasteiger partial charge in [0.1, 0.15) is 5.76 Å². The van der Waals surface area contributed by atoms with Crippen LogP contribution in [-0.2, 0) is 10.0 Å². The normalized spacial score (nSPS) is 12.5. The number of carbonyl (C=O) groups is 1. The minimum atomic E-state index is -3.88. The number of carbonyl (C=O) groups excluding carboxylic acids is 1. The third-order valence-corrected chi connectivity index (χ3v) is 6.05. The monoisotopic (exact) mass is 447 g/mol. The maximum absolute atomic E-state index is 12.7. The number of furan rings is 1. The summed E-state index contributed by atoms with van der Waals surface area (Å²) in [7, 11) is -0.112. The van der Waals surface area contributed by atoms with Crippen LogP contribution in [0, 0.1) is 0 Å². The molecule has 0 saturated carbocycles. The fraction of sp³-hybridized carbons (Fsp3) is 0.190. The predicted octanol–water partition coefficient (Wildman–Crippen LogP) is 3.77. The first kappa shape index (κ1) is 21.9. The Bertz CT molecular complexity index is 1110. The molecule has 0 radical (unpaired) electrons. The Morgan fingerprint density at radius 2 is 1.87 bits per heavy atom. The summed E-state index contributed by atoms with van der Waals surface area (Å²) in [5.74, 6) is 0.343. The topological polar surface area (TPSA) is 91.7 Å². The summed E-state index contributed by atoms with van der Waals surface area (Å²) in [6.07, 6.45) is 1.58. The van der Waals surface area contributed by atoms with E-state index in [1.807, 2.05) is 25.1 Å². The van der Waals surface area contributed by atoms with Crippen LogP contribution < -0.4 is 10.0 Å². The average Bonchev–Trinajstić information content (AvgIpc) is 3.22. The second-order valence-corrected chi connectivity index (χ2v) is 8.97. The molecule has 0 aliphatic heterocycles. The minimum absolute atomic E-state index is 0.0229. The van der Waals surface area contributed by atoms with Crippen LogP contribution >= 0.6 is 11.6 Å². The zero-order valence-electron chi connectivity index (χ0n) is 16.5. The Kier molecular flexibility index (Phi) is 6.81. The van der Waals surface area contributed by atoms with Crippen molar-refractivity contribution in [1.82, 2.24) is 10.2 Å². The Balaban J connectivity index is 1.73. The molecular formula is C21H22ClN3O4S. The van der Waals surface area contributed by atoms with E-state index in [0.29, 0.717) is 17.3 Å². The minimum Gasteiger partial charge on any atom is -0.468 e. The standard InChI is InChI=1S/C21H22ClN3O4S/c1-25(2)19(20-10-5-11-29-20)14-23-21(26)15-6-3-9-18(12-15)30(27,28)24-17-8-4-7-16(22)13-17/h3-13,19,24H,14H2,1-2H3,(H,23,26)/t19-/m0/s1. The van der Waals surface area contributed by atoms with Gasteiger partial charge in [0.15, 0.2) is 0 Å². The van der Waals surface area contributed by atoms with Crippen LogP contribution in [0.15, 0.2) is 76.2 Å². The summed E-state index contributed by atoms with van der Waals surface area (Å²) in [4.78, 5) is 14.5. The third kappa shape index (κ3) is 5.41. The molecule has 158 valence electrons. The molecule has 7 nitrogen and oxygen atoms in total. The van der Waals surface area contributed by atoms with Gasteiger partial charge < -0.3 is 9.73 Å². The van der Waals surface area contributed by atoms with Crippen molar-refractivity contribution in [3.8, 4) is 0 Å². The van der Waals surface area contributed by atoms with Gasteiger partial charge in [-0.1, -0.05) is 23.7 Å². The van der Waals surface area contributed by atoms with Crippen LogP contribution in [0.3, 0.4) is 0 Å². The summed E-state index contributed by atoms with van der Waals surface area (Å²) in [6.45, 7) is 0.303. The first-order valence-electron chi connectivity index (χ1n) is 9.13. The molecule has 1 atom stereocenters. The Morgan fingerprint density at radius 3 is 2.53 bits per heavy atom. The second kappa shape index (κ2) is 9.34. The van der Waals surface area contributed by atoms with E-state index in [1.165, 1.54) is 24.3 Å². The number of nitrogens with zero attached hydrogens (tertiary/aromatic N) is 1. The fourth-order valence-corrected chi connectivity index (χ4v) is 4.17. The highest BCUT2D eigenvalue weighted by atomic mass is 35.5. The molecule has 2 N–H and O–H groups in total. The largest absolute Gasteiger partial charge is 0.468 e. The Labute approximate surface area is 180 Å². The molecule has 3 aromatic rings. The van der Waals surface area contributed by atoms with Crippen molar-refractivity contribution in [2.45, 2.75) is 10.9 Å². The van der Waals surface area contributed by atoms with Gasteiger partial charge in [-0.25, -0.2) is 8.42 Å². The van der Waals surface area contributed by atoms with E-state index in [4.69, 9.17) is 16.0 Å². The zero-order valence-corrected chi connectivity index (χ0v) is 18.1. The summed E-state index contributed by atoms with van der Waals surface area (Å²) in [6, 6.07) is 15.7. The Hall–Kier alpha value is -2.81. The van der Waals surface area contributed by atoms with E-state index < -0.39 is 10.0 Å². The summed E-state index contributed by atoms with van der Waals surface area (Å²) < 4.78 is 33.3. The van der Waals surface area contributed by atoms with Crippen LogP contribution in [0.5, 0.6) is 0 Å². The lowest BCUT2D eigenvalue weighted by Gasteiger charge is -2.22. The molecule has 1 amide bonds. The number of amides is 1. The molecule has 0 saturated heterocycles. The SMILES string of the molecule is CN(C)[C@@H](CNC(=O)c1cccc(S(=O)(=O)Nc2cccc(Cl)c2)c1)c1ccco1. The molecule has 3 rings (SSSR count). The summed E-state index contributed by atoms with van der Waals surface area (Å²) >= 11 is 5.91. The lowest BCUT2D eigenvalue weighted by molar-refractivity contribution is 0.0939. The molecular weight excluding hydrogens is 426 g/mol. The van der Waals surface area contributed by atoms with Gasteiger partial charge in [-0.3, -0.25) is 14.4 Å². The van der Waals surface area contributed by atoms with E-state index in [1.54, 1.807) is 36.6 Å². The molecule has 0 unspecified atom stereocenters. The van der Waals surface area contributed by atoms with E-state index >= 15 is 0 Å². The molecule has 2 aromatic carbocycles. The molecule has 1 heterocycles. The van der Waals surface area contributed by atoms with Gasteiger partial charge in [-0.2, -0.15) is 0 Å².